The summed E-state index contributed by atoms with van der Waals surface area (Å²) in [7, 11) is -3.81. The molecule has 2 aromatic rings. The van der Waals surface area contributed by atoms with Gasteiger partial charge in [0.2, 0.25) is 15.9 Å². The van der Waals surface area contributed by atoms with E-state index in [1.807, 2.05) is 30.3 Å². The Kier molecular flexibility index (Phi) is 4.89. The molecule has 1 aliphatic heterocycles. The predicted octanol–water partition coefficient (Wildman–Crippen LogP) is 2.38. The van der Waals surface area contributed by atoms with E-state index in [1.54, 1.807) is 23.1 Å². The van der Waals surface area contributed by atoms with Crippen LogP contribution in [-0.4, -0.2) is 32.3 Å². The molecular formula is C17H17ClN2O3S. The lowest BCUT2D eigenvalue weighted by Gasteiger charge is -2.35. The van der Waals surface area contributed by atoms with Crippen LogP contribution < -0.4 is 9.62 Å². The standard InChI is InChI=1S/C17H17ClN2O3S/c18-15-11-12-20(13-7-3-1-4-8-13)17(21)16(15)19-24(22,23)14-9-5-2-6-10-14/h1-10,15-16,19H,11-12H2. The number of benzene rings is 2. The lowest BCUT2D eigenvalue weighted by atomic mass is 10.0. The van der Waals surface area contributed by atoms with Gasteiger partial charge in [0.1, 0.15) is 6.04 Å². The third-order valence-electron chi connectivity index (χ3n) is 3.93. The van der Waals surface area contributed by atoms with Crippen molar-refractivity contribution < 1.29 is 13.2 Å². The Morgan fingerprint density at radius 1 is 1.00 bits per heavy atom. The van der Waals surface area contributed by atoms with Gasteiger partial charge in [0.25, 0.3) is 0 Å². The zero-order chi connectivity index (χ0) is 17.2. The van der Waals surface area contributed by atoms with E-state index in [1.165, 1.54) is 12.1 Å². The van der Waals surface area contributed by atoms with Crippen LogP contribution >= 0.6 is 11.6 Å². The Hall–Kier alpha value is -1.89. The summed E-state index contributed by atoms with van der Waals surface area (Å²) in [4.78, 5) is 14.4. The van der Waals surface area contributed by atoms with E-state index in [0.717, 1.165) is 5.69 Å². The number of piperidine rings is 1. The number of nitrogens with zero attached hydrogens (tertiary/aromatic N) is 1. The molecule has 1 aliphatic rings. The average Bonchev–Trinajstić information content (AvgIpc) is 2.60. The van der Waals surface area contributed by atoms with Crippen LogP contribution in [0.5, 0.6) is 0 Å². The van der Waals surface area contributed by atoms with E-state index in [9.17, 15) is 13.2 Å². The maximum atomic E-state index is 12.8. The summed E-state index contributed by atoms with van der Waals surface area (Å²) >= 11 is 6.25. The van der Waals surface area contributed by atoms with E-state index >= 15 is 0 Å². The molecule has 2 atom stereocenters. The molecule has 0 aliphatic carbocycles. The zero-order valence-electron chi connectivity index (χ0n) is 12.8. The third kappa shape index (κ3) is 3.45. The Bertz CT molecular complexity index is 812. The molecule has 2 unspecified atom stereocenters. The summed E-state index contributed by atoms with van der Waals surface area (Å²) in [5, 5.41) is -0.587. The number of carbonyl (C=O) groups is 1. The molecule has 5 nitrogen and oxygen atoms in total. The number of rotatable bonds is 4. The molecule has 24 heavy (non-hydrogen) atoms. The van der Waals surface area contributed by atoms with Crippen molar-refractivity contribution in [2.75, 3.05) is 11.4 Å². The minimum Gasteiger partial charge on any atom is -0.311 e. The zero-order valence-corrected chi connectivity index (χ0v) is 14.4. The monoisotopic (exact) mass is 364 g/mol. The molecule has 0 radical (unpaired) electrons. The minimum absolute atomic E-state index is 0.110. The van der Waals surface area contributed by atoms with Crippen molar-refractivity contribution in [2.24, 2.45) is 0 Å². The number of hydrogen-bond acceptors (Lipinski definition) is 3. The first kappa shape index (κ1) is 17.0. The molecule has 1 N–H and O–H groups in total. The van der Waals surface area contributed by atoms with Gasteiger partial charge in [0.05, 0.1) is 10.3 Å². The fourth-order valence-electron chi connectivity index (χ4n) is 2.68. The lowest BCUT2D eigenvalue weighted by molar-refractivity contribution is -0.121. The van der Waals surface area contributed by atoms with Crippen molar-refractivity contribution in [3.8, 4) is 0 Å². The number of halogens is 1. The number of nitrogens with one attached hydrogen (secondary N) is 1. The van der Waals surface area contributed by atoms with Crippen molar-refractivity contribution >= 4 is 33.2 Å². The number of amides is 1. The number of hydrogen-bond donors (Lipinski definition) is 1. The van der Waals surface area contributed by atoms with E-state index in [0.29, 0.717) is 13.0 Å². The molecule has 1 heterocycles. The first-order chi connectivity index (χ1) is 11.5. The van der Waals surface area contributed by atoms with Crippen molar-refractivity contribution in [1.29, 1.82) is 0 Å². The Labute approximate surface area is 146 Å². The normalized spacial score (nSPS) is 21.7. The molecule has 2 aromatic carbocycles. The minimum atomic E-state index is -3.81. The van der Waals surface area contributed by atoms with Crippen LogP contribution in [-0.2, 0) is 14.8 Å². The van der Waals surface area contributed by atoms with Gasteiger partial charge >= 0.3 is 0 Å². The summed E-state index contributed by atoms with van der Waals surface area (Å²) in [6, 6.07) is 16.1. The average molecular weight is 365 g/mol. The maximum absolute atomic E-state index is 12.8. The van der Waals surface area contributed by atoms with Crippen LogP contribution in [0, 0.1) is 0 Å². The van der Waals surface area contributed by atoms with E-state index in [-0.39, 0.29) is 10.8 Å². The van der Waals surface area contributed by atoms with Gasteiger partial charge in [-0.1, -0.05) is 36.4 Å². The second kappa shape index (κ2) is 6.93. The second-order valence-corrected chi connectivity index (χ2v) is 7.82. The van der Waals surface area contributed by atoms with Crippen LogP contribution in [0.25, 0.3) is 0 Å². The van der Waals surface area contributed by atoms with Crippen molar-refractivity contribution in [2.45, 2.75) is 22.7 Å². The SMILES string of the molecule is O=C1C(NS(=O)(=O)c2ccccc2)C(Cl)CCN1c1ccccc1. The largest absolute Gasteiger partial charge is 0.311 e. The van der Waals surface area contributed by atoms with Gasteiger partial charge in [-0.05, 0) is 30.7 Å². The van der Waals surface area contributed by atoms with Gasteiger partial charge in [-0.3, -0.25) is 4.79 Å². The fraction of sp³-hybridized carbons (Fsp3) is 0.235. The van der Waals surface area contributed by atoms with Gasteiger partial charge in [-0.15, -0.1) is 11.6 Å². The van der Waals surface area contributed by atoms with Crippen LogP contribution in [0.4, 0.5) is 5.69 Å². The smallest absolute Gasteiger partial charge is 0.246 e. The molecule has 0 saturated carbocycles. The highest BCUT2D eigenvalue weighted by Gasteiger charge is 2.39. The number of carbonyl (C=O) groups excluding carboxylic acids is 1. The first-order valence-corrected chi connectivity index (χ1v) is 9.49. The summed E-state index contributed by atoms with van der Waals surface area (Å²) in [6.07, 6.45) is 0.504. The molecule has 0 bridgehead atoms. The van der Waals surface area contributed by atoms with Gasteiger partial charge in [0, 0.05) is 12.2 Å². The highest BCUT2D eigenvalue weighted by atomic mass is 35.5. The van der Waals surface area contributed by atoms with Gasteiger partial charge in [0.15, 0.2) is 0 Å². The number of para-hydroxylation sites is 1. The highest BCUT2D eigenvalue weighted by Crippen LogP contribution is 2.25. The molecule has 0 spiro atoms. The molecule has 1 saturated heterocycles. The molecule has 3 rings (SSSR count). The van der Waals surface area contributed by atoms with Gasteiger partial charge in [-0.25, -0.2) is 8.42 Å². The molecular weight excluding hydrogens is 348 g/mol. The number of sulfonamides is 1. The maximum Gasteiger partial charge on any atom is 0.246 e. The first-order valence-electron chi connectivity index (χ1n) is 7.57. The van der Waals surface area contributed by atoms with Crippen LogP contribution in [0.3, 0.4) is 0 Å². The van der Waals surface area contributed by atoms with Crippen LogP contribution in [0.15, 0.2) is 65.6 Å². The van der Waals surface area contributed by atoms with Gasteiger partial charge < -0.3 is 4.90 Å². The number of anilines is 1. The Morgan fingerprint density at radius 3 is 2.21 bits per heavy atom. The van der Waals surface area contributed by atoms with Crippen LogP contribution in [0.2, 0.25) is 0 Å². The van der Waals surface area contributed by atoms with Crippen molar-refractivity contribution in [3.05, 3.63) is 60.7 Å². The summed E-state index contributed by atoms with van der Waals surface area (Å²) in [6.45, 7) is 0.459. The molecule has 126 valence electrons. The third-order valence-corrected chi connectivity index (χ3v) is 5.85. The number of alkyl halides is 1. The van der Waals surface area contributed by atoms with Crippen molar-refractivity contribution in [3.63, 3.8) is 0 Å². The molecule has 1 amide bonds. The quantitative estimate of drug-likeness (QED) is 0.847. The predicted molar refractivity (Wildman–Crippen MR) is 93.6 cm³/mol. The molecule has 0 aromatic heterocycles. The second-order valence-electron chi connectivity index (χ2n) is 5.54. The van der Waals surface area contributed by atoms with E-state index in [2.05, 4.69) is 4.72 Å². The fourth-order valence-corrected chi connectivity index (χ4v) is 4.27. The molecule has 1 fully saturated rings. The Morgan fingerprint density at radius 2 is 1.58 bits per heavy atom. The van der Waals surface area contributed by atoms with Gasteiger partial charge in [-0.2, -0.15) is 4.72 Å². The summed E-state index contributed by atoms with van der Waals surface area (Å²) in [5.41, 5.74) is 0.731. The topological polar surface area (TPSA) is 66.5 Å². The summed E-state index contributed by atoms with van der Waals surface area (Å²) in [5.74, 6) is -0.341. The highest BCUT2D eigenvalue weighted by molar-refractivity contribution is 7.89. The Balaban J connectivity index is 1.85. The molecule has 7 heteroatoms. The summed E-state index contributed by atoms with van der Waals surface area (Å²) < 4.78 is 27.4. The van der Waals surface area contributed by atoms with E-state index in [4.69, 9.17) is 11.6 Å². The van der Waals surface area contributed by atoms with Crippen molar-refractivity contribution in [1.82, 2.24) is 4.72 Å². The van der Waals surface area contributed by atoms with Crippen LogP contribution in [0.1, 0.15) is 6.42 Å². The lowest BCUT2D eigenvalue weighted by Crippen LogP contribution is -2.57. The van der Waals surface area contributed by atoms with E-state index < -0.39 is 21.4 Å².